The van der Waals surface area contributed by atoms with Crippen molar-refractivity contribution in [1.29, 1.82) is 0 Å². The molecule has 0 aromatic carbocycles. The fourth-order valence-electron chi connectivity index (χ4n) is 1.78. The number of carbonyl (C=O) groups is 1. The van der Waals surface area contributed by atoms with Crippen LogP contribution in [0.25, 0.3) is 0 Å². The van der Waals surface area contributed by atoms with Gasteiger partial charge in [-0.25, -0.2) is 0 Å². The van der Waals surface area contributed by atoms with E-state index >= 15 is 0 Å². The molecule has 0 fully saturated rings. The van der Waals surface area contributed by atoms with Gasteiger partial charge >= 0.3 is 0 Å². The first-order valence-corrected chi connectivity index (χ1v) is 6.98. The Labute approximate surface area is 111 Å². The second-order valence-corrected chi connectivity index (χ2v) is 4.96. The molecule has 0 aliphatic rings. The number of aromatic nitrogens is 2. The molecular formula is C13H17N3OS. The summed E-state index contributed by atoms with van der Waals surface area (Å²) in [5.41, 5.74) is 2.73. The van der Waals surface area contributed by atoms with Crippen molar-refractivity contribution in [3.05, 3.63) is 39.8 Å². The van der Waals surface area contributed by atoms with E-state index < -0.39 is 0 Å². The first kappa shape index (κ1) is 12.8. The maximum atomic E-state index is 12.0. The van der Waals surface area contributed by atoms with Crippen molar-refractivity contribution in [3.63, 3.8) is 0 Å². The summed E-state index contributed by atoms with van der Waals surface area (Å²) in [5, 5.41) is 11.2. The molecule has 1 amide bonds. The molecule has 0 saturated carbocycles. The fourth-order valence-corrected chi connectivity index (χ4v) is 2.45. The van der Waals surface area contributed by atoms with Crippen LogP contribution in [0.4, 0.5) is 0 Å². The molecule has 0 radical (unpaired) electrons. The molecule has 4 nitrogen and oxygen atoms in total. The third kappa shape index (κ3) is 2.79. The predicted molar refractivity (Wildman–Crippen MR) is 72.7 cm³/mol. The monoisotopic (exact) mass is 263 g/mol. The fraction of sp³-hybridized carbons (Fsp3) is 0.385. The van der Waals surface area contributed by atoms with Gasteiger partial charge in [0, 0.05) is 18.8 Å². The average molecular weight is 263 g/mol. The van der Waals surface area contributed by atoms with Crippen molar-refractivity contribution in [2.45, 2.75) is 33.4 Å². The van der Waals surface area contributed by atoms with Crippen LogP contribution in [-0.4, -0.2) is 15.7 Å². The molecule has 2 aromatic heterocycles. The number of hydrogen-bond acceptors (Lipinski definition) is 3. The zero-order chi connectivity index (χ0) is 13.0. The third-order valence-corrected chi connectivity index (χ3v) is 3.55. The lowest BCUT2D eigenvalue weighted by molar-refractivity contribution is 0.0950. The largest absolute Gasteiger partial charge is 0.348 e. The first-order chi connectivity index (χ1) is 8.72. The Morgan fingerprint density at radius 2 is 2.39 bits per heavy atom. The Kier molecular flexibility index (Phi) is 4.15. The van der Waals surface area contributed by atoms with Gasteiger partial charge in [0.25, 0.3) is 5.91 Å². The summed E-state index contributed by atoms with van der Waals surface area (Å²) in [4.78, 5) is 12.0. The Balaban J connectivity index is 2.00. The summed E-state index contributed by atoms with van der Waals surface area (Å²) in [6.45, 7) is 5.45. The average Bonchev–Trinajstić information content (AvgIpc) is 2.98. The van der Waals surface area contributed by atoms with Gasteiger partial charge in [-0.05, 0) is 35.7 Å². The van der Waals surface area contributed by atoms with Gasteiger partial charge in [-0.2, -0.15) is 16.4 Å². The van der Waals surface area contributed by atoms with E-state index in [1.807, 2.05) is 28.4 Å². The van der Waals surface area contributed by atoms with Gasteiger partial charge in [-0.1, -0.05) is 6.92 Å². The molecule has 0 unspecified atom stereocenters. The molecule has 0 aliphatic heterocycles. The Bertz CT molecular complexity index is 516. The molecule has 0 bridgehead atoms. The molecule has 0 spiro atoms. The lowest BCUT2D eigenvalue weighted by Gasteiger charge is -2.04. The van der Waals surface area contributed by atoms with Crippen molar-refractivity contribution in [3.8, 4) is 0 Å². The summed E-state index contributed by atoms with van der Waals surface area (Å²) >= 11 is 1.63. The molecule has 1 N–H and O–H groups in total. The minimum absolute atomic E-state index is 0.0546. The number of carbonyl (C=O) groups excluding carboxylic acids is 1. The molecule has 0 atom stereocenters. The van der Waals surface area contributed by atoms with E-state index in [-0.39, 0.29) is 5.91 Å². The van der Waals surface area contributed by atoms with E-state index in [9.17, 15) is 4.79 Å². The normalized spacial score (nSPS) is 10.6. The maximum absolute atomic E-state index is 12.0. The zero-order valence-electron chi connectivity index (χ0n) is 10.6. The number of nitrogens with one attached hydrogen (secondary N) is 1. The van der Waals surface area contributed by atoms with Crippen LogP contribution in [-0.2, 0) is 13.1 Å². The van der Waals surface area contributed by atoms with Crippen LogP contribution >= 0.6 is 11.3 Å². The molecule has 2 aromatic rings. The second-order valence-electron chi connectivity index (χ2n) is 4.18. The summed E-state index contributed by atoms with van der Waals surface area (Å²) in [6.07, 6.45) is 2.66. The molecule has 5 heteroatoms. The summed E-state index contributed by atoms with van der Waals surface area (Å²) in [5.74, 6) is -0.0546. The van der Waals surface area contributed by atoms with Crippen molar-refractivity contribution >= 4 is 17.2 Å². The quantitative estimate of drug-likeness (QED) is 0.901. The van der Waals surface area contributed by atoms with Crippen LogP contribution in [0.2, 0.25) is 0 Å². The van der Waals surface area contributed by atoms with Gasteiger partial charge in [0.15, 0.2) is 0 Å². The van der Waals surface area contributed by atoms with E-state index in [0.717, 1.165) is 24.2 Å². The Morgan fingerprint density at radius 1 is 1.56 bits per heavy atom. The van der Waals surface area contributed by atoms with Crippen LogP contribution in [0.3, 0.4) is 0 Å². The molecule has 18 heavy (non-hydrogen) atoms. The van der Waals surface area contributed by atoms with Crippen LogP contribution in [0, 0.1) is 6.92 Å². The molecule has 2 heterocycles. The first-order valence-electron chi connectivity index (χ1n) is 6.04. The van der Waals surface area contributed by atoms with Crippen LogP contribution in [0.1, 0.15) is 35.0 Å². The van der Waals surface area contributed by atoms with Gasteiger partial charge in [0.2, 0.25) is 0 Å². The molecular weight excluding hydrogens is 246 g/mol. The summed E-state index contributed by atoms with van der Waals surface area (Å²) in [6, 6.07) is 2.01. The van der Waals surface area contributed by atoms with Gasteiger partial charge in [-0.15, -0.1) is 0 Å². The minimum atomic E-state index is -0.0546. The number of hydrogen-bond donors (Lipinski definition) is 1. The van der Waals surface area contributed by atoms with E-state index in [1.54, 1.807) is 17.5 Å². The van der Waals surface area contributed by atoms with Crippen LogP contribution in [0.15, 0.2) is 23.0 Å². The lowest BCUT2D eigenvalue weighted by Crippen LogP contribution is -2.23. The van der Waals surface area contributed by atoms with Crippen molar-refractivity contribution in [2.24, 2.45) is 0 Å². The van der Waals surface area contributed by atoms with Crippen molar-refractivity contribution in [1.82, 2.24) is 15.1 Å². The number of rotatable bonds is 5. The highest BCUT2D eigenvalue weighted by molar-refractivity contribution is 7.07. The van der Waals surface area contributed by atoms with E-state index in [0.29, 0.717) is 12.1 Å². The lowest BCUT2D eigenvalue weighted by atomic mass is 10.2. The SMILES string of the molecule is CCCn1ncc(C(=O)NCc2ccsc2)c1C. The molecule has 0 saturated heterocycles. The summed E-state index contributed by atoms with van der Waals surface area (Å²) < 4.78 is 1.87. The van der Waals surface area contributed by atoms with Gasteiger partial charge < -0.3 is 5.32 Å². The highest BCUT2D eigenvalue weighted by Gasteiger charge is 2.13. The van der Waals surface area contributed by atoms with E-state index in [1.165, 1.54) is 0 Å². The molecule has 96 valence electrons. The Morgan fingerprint density at radius 3 is 3.06 bits per heavy atom. The van der Waals surface area contributed by atoms with Gasteiger partial charge in [0.1, 0.15) is 0 Å². The number of amides is 1. The molecule has 2 rings (SSSR count). The highest BCUT2D eigenvalue weighted by atomic mass is 32.1. The predicted octanol–water partition coefficient (Wildman–Crippen LogP) is 2.59. The van der Waals surface area contributed by atoms with E-state index in [4.69, 9.17) is 0 Å². The number of nitrogens with zero attached hydrogens (tertiary/aromatic N) is 2. The van der Waals surface area contributed by atoms with E-state index in [2.05, 4.69) is 17.3 Å². The van der Waals surface area contributed by atoms with Crippen molar-refractivity contribution in [2.75, 3.05) is 0 Å². The van der Waals surface area contributed by atoms with Crippen molar-refractivity contribution < 1.29 is 4.79 Å². The smallest absolute Gasteiger partial charge is 0.255 e. The zero-order valence-corrected chi connectivity index (χ0v) is 11.5. The highest BCUT2D eigenvalue weighted by Crippen LogP contribution is 2.09. The second kappa shape index (κ2) is 5.82. The van der Waals surface area contributed by atoms with Crippen LogP contribution < -0.4 is 5.32 Å². The maximum Gasteiger partial charge on any atom is 0.255 e. The summed E-state index contributed by atoms with van der Waals surface area (Å²) in [7, 11) is 0. The topological polar surface area (TPSA) is 46.9 Å². The number of aryl methyl sites for hydroxylation is 1. The van der Waals surface area contributed by atoms with Gasteiger partial charge in [-0.3, -0.25) is 9.48 Å². The molecule has 0 aliphatic carbocycles. The minimum Gasteiger partial charge on any atom is -0.348 e. The standard InChI is InChI=1S/C13H17N3OS/c1-3-5-16-10(2)12(8-15-16)13(17)14-7-11-4-6-18-9-11/h4,6,8-9H,3,5,7H2,1-2H3,(H,14,17). The third-order valence-electron chi connectivity index (χ3n) is 2.82. The number of thiophene rings is 1. The van der Waals surface area contributed by atoms with Gasteiger partial charge in [0.05, 0.1) is 11.8 Å². The Hall–Kier alpha value is -1.62. The van der Waals surface area contributed by atoms with Crippen LogP contribution in [0.5, 0.6) is 0 Å².